The number of nitrogens with one attached hydrogen (secondary N) is 1. The molecule has 0 aromatic heterocycles. The molecule has 0 saturated heterocycles. The number of carbonyl (C=O) groups is 1. The number of fused-ring (bicyclic) bond motifs is 1. The Hall–Kier alpha value is -2.55. The van der Waals surface area contributed by atoms with Crippen LogP contribution in [0.5, 0.6) is 0 Å². The average Bonchev–Trinajstić information content (AvgIpc) is 2.59. The van der Waals surface area contributed by atoms with Crippen molar-refractivity contribution in [1.29, 1.82) is 0 Å². The van der Waals surface area contributed by atoms with E-state index in [9.17, 15) is 26.4 Å². The summed E-state index contributed by atoms with van der Waals surface area (Å²) in [5, 5.41) is 2.55. The molecule has 0 unspecified atom stereocenters. The van der Waals surface area contributed by atoms with Crippen LogP contribution in [0, 0.1) is 0 Å². The highest BCUT2D eigenvalue weighted by Gasteiger charge is 2.30. The Morgan fingerprint density at radius 1 is 1.11 bits per heavy atom. The molecule has 0 spiro atoms. The number of halogens is 3. The van der Waals surface area contributed by atoms with Gasteiger partial charge in [0.1, 0.15) is 0 Å². The summed E-state index contributed by atoms with van der Waals surface area (Å²) in [7, 11) is -3.40. The fourth-order valence-electron chi connectivity index (χ4n) is 2.99. The monoisotopic (exact) mass is 398 g/mol. The fourth-order valence-corrected chi connectivity index (χ4v) is 3.99. The maximum absolute atomic E-state index is 12.6. The van der Waals surface area contributed by atoms with E-state index in [0.29, 0.717) is 30.6 Å². The van der Waals surface area contributed by atoms with E-state index in [-0.39, 0.29) is 5.69 Å². The van der Waals surface area contributed by atoms with Crippen LogP contribution in [0.2, 0.25) is 0 Å². The van der Waals surface area contributed by atoms with Gasteiger partial charge in [-0.2, -0.15) is 13.2 Å². The van der Waals surface area contributed by atoms with Crippen LogP contribution in [0.4, 0.5) is 24.5 Å². The molecule has 0 saturated carbocycles. The summed E-state index contributed by atoms with van der Waals surface area (Å²) in [4.78, 5) is 12.4. The van der Waals surface area contributed by atoms with Gasteiger partial charge >= 0.3 is 6.18 Å². The standard InChI is InChI=1S/C18H17F3N2O3S/c1-27(25,26)23-10-2-3-12-11-13(4-9-16(12)23)17(24)22-15-7-5-14(6-8-15)18(19,20)21/h4-9,11H,2-3,10H2,1H3,(H,22,24). The minimum Gasteiger partial charge on any atom is -0.322 e. The molecule has 0 aliphatic carbocycles. The van der Waals surface area contributed by atoms with Crippen LogP contribution < -0.4 is 9.62 Å². The van der Waals surface area contributed by atoms with Gasteiger partial charge in [0.2, 0.25) is 10.0 Å². The highest BCUT2D eigenvalue weighted by Crippen LogP contribution is 2.31. The lowest BCUT2D eigenvalue weighted by Gasteiger charge is -2.29. The zero-order valence-corrected chi connectivity index (χ0v) is 15.2. The molecule has 3 rings (SSSR count). The maximum Gasteiger partial charge on any atom is 0.416 e. The zero-order valence-electron chi connectivity index (χ0n) is 14.4. The number of carbonyl (C=O) groups excluding carboxylic acids is 1. The first kappa shape index (κ1) is 19.2. The Bertz CT molecular complexity index is 970. The summed E-state index contributed by atoms with van der Waals surface area (Å²) < 4.78 is 62.8. The first-order chi connectivity index (χ1) is 12.6. The van der Waals surface area contributed by atoms with Gasteiger partial charge in [-0.05, 0) is 60.9 Å². The fraction of sp³-hybridized carbons (Fsp3) is 0.278. The quantitative estimate of drug-likeness (QED) is 0.858. The number of nitrogens with zero attached hydrogens (tertiary/aromatic N) is 1. The van der Waals surface area contributed by atoms with Crippen LogP contribution >= 0.6 is 0 Å². The van der Waals surface area contributed by atoms with Gasteiger partial charge in [-0.25, -0.2) is 8.42 Å². The summed E-state index contributed by atoms with van der Waals surface area (Å²) in [6.07, 6.45) is -2.02. The number of sulfonamides is 1. The van der Waals surface area contributed by atoms with Crippen LogP contribution in [0.15, 0.2) is 42.5 Å². The molecule has 0 bridgehead atoms. The predicted molar refractivity (Wildman–Crippen MR) is 96.4 cm³/mol. The number of aryl methyl sites for hydroxylation is 1. The van der Waals surface area contributed by atoms with E-state index >= 15 is 0 Å². The lowest BCUT2D eigenvalue weighted by molar-refractivity contribution is -0.137. The molecule has 2 aromatic rings. The number of hydrogen-bond acceptors (Lipinski definition) is 3. The van der Waals surface area contributed by atoms with E-state index in [1.54, 1.807) is 12.1 Å². The molecule has 0 atom stereocenters. The van der Waals surface area contributed by atoms with Gasteiger partial charge in [-0.15, -0.1) is 0 Å². The molecule has 1 amide bonds. The van der Waals surface area contributed by atoms with E-state index in [2.05, 4.69) is 5.32 Å². The second kappa shape index (κ2) is 6.88. The lowest BCUT2D eigenvalue weighted by atomic mass is 10.0. The highest BCUT2D eigenvalue weighted by molar-refractivity contribution is 7.92. The molecule has 2 aromatic carbocycles. The number of rotatable bonds is 3. The molecule has 1 N–H and O–H groups in total. The van der Waals surface area contributed by atoms with Crippen LogP contribution in [-0.2, 0) is 22.6 Å². The third-order valence-electron chi connectivity index (χ3n) is 4.29. The Morgan fingerprint density at radius 3 is 2.37 bits per heavy atom. The molecule has 5 nitrogen and oxygen atoms in total. The van der Waals surface area contributed by atoms with Crippen molar-refractivity contribution in [2.75, 3.05) is 22.4 Å². The predicted octanol–water partition coefficient (Wildman–Crippen LogP) is 3.67. The van der Waals surface area contributed by atoms with Crippen molar-refractivity contribution in [1.82, 2.24) is 0 Å². The first-order valence-corrected chi connectivity index (χ1v) is 10.00. The van der Waals surface area contributed by atoms with Crippen molar-refractivity contribution in [3.8, 4) is 0 Å². The van der Waals surface area contributed by atoms with Crippen LogP contribution in [0.1, 0.15) is 27.9 Å². The summed E-state index contributed by atoms with van der Waals surface area (Å²) >= 11 is 0. The van der Waals surface area contributed by atoms with Gasteiger partial charge in [0.25, 0.3) is 5.91 Å². The van der Waals surface area contributed by atoms with Gasteiger partial charge in [0, 0.05) is 17.8 Å². The second-order valence-electron chi connectivity index (χ2n) is 6.31. The van der Waals surface area contributed by atoms with Gasteiger partial charge in [-0.3, -0.25) is 9.10 Å². The number of anilines is 2. The molecule has 144 valence electrons. The molecule has 1 heterocycles. The molecular weight excluding hydrogens is 381 g/mol. The summed E-state index contributed by atoms with van der Waals surface area (Å²) in [5.74, 6) is -0.478. The van der Waals surface area contributed by atoms with E-state index in [1.807, 2.05) is 0 Å². The molecular formula is C18H17F3N2O3S. The van der Waals surface area contributed by atoms with Crippen LogP contribution in [0.25, 0.3) is 0 Å². The molecule has 9 heteroatoms. The zero-order chi connectivity index (χ0) is 19.8. The number of alkyl halides is 3. The number of hydrogen-bond donors (Lipinski definition) is 1. The summed E-state index contributed by atoms with van der Waals surface area (Å²) in [6.45, 7) is 0.392. The molecule has 1 aliphatic rings. The minimum atomic E-state index is -4.44. The van der Waals surface area contributed by atoms with Crippen molar-refractivity contribution >= 4 is 27.3 Å². The summed E-state index contributed by atoms with van der Waals surface area (Å²) in [5.41, 5.74) is 1.05. The molecule has 27 heavy (non-hydrogen) atoms. The van der Waals surface area contributed by atoms with Crippen LogP contribution in [-0.4, -0.2) is 27.1 Å². The van der Waals surface area contributed by atoms with Crippen molar-refractivity contribution in [2.45, 2.75) is 19.0 Å². The van der Waals surface area contributed by atoms with E-state index in [1.165, 1.54) is 22.5 Å². The van der Waals surface area contributed by atoms with Crippen LogP contribution in [0.3, 0.4) is 0 Å². The van der Waals surface area contributed by atoms with Gasteiger partial charge in [0.05, 0.1) is 17.5 Å². The Labute approximate surface area is 154 Å². The van der Waals surface area contributed by atoms with Crippen molar-refractivity contribution < 1.29 is 26.4 Å². The Kier molecular flexibility index (Phi) is 4.90. The SMILES string of the molecule is CS(=O)(=O)N1CCCc2cc(C(=O)Nc3ccc(C(F)(F)F)cc3)ccc21. The maximum atomic E-state index is 12.6. The number of benzene rings is 2. The van der Waals surface area contributed by atoms with E-state index in [0.717, 1.165) is 24.0 Å². The van der Waals surface area contributed by atoms with Gasteiger partial charge in [-0.1, -0.05) is 0 Å². The Balaban J connectivity index is 1.80. The molecule has 0 fully saturated rings. The summed E-state index contributed by atoms with van der Waals surface area (Å²) in [6, 6.07) is 8.86. The molecule has 0 radical (unpaired) electrons. The smallest absolute Gasteiger partial charge is 0.322 e. The van der Waals surface area contributed by atoms with Crippen molar-refractivity contribution in [3.63, 3.8) is 0 Å². The normalized spacial score (nSPS) is 14.6. The van der Waals surface area contributed by atoms with E-state index < -0.39 is 27.7 Å². The average molecular weight is 398 g/mol. The minimum absolute atomic E-state index is 0.239. The Morgan fingerprint density at radius 2 is 1.78 bits per heavy atom. The van der Waals surface area contributed by atoms with Gasteiger partial charge < -0.3 is 5.32 Å². The second-order valence-corrected chi connectivity index (χ2v) is 8.22. The first-order valence-electron chi connectivity index (χ1n) is 8.15. The van der Waals surface area contributed by atoms with Crippen molar-refractivity contribution in [2.24, 2.45) is 0 Å². The third-order valence-corrected chi connectivity index (χ3v) is 5.47. The lowest BCUT2D eigenvalue weighted by Crippen LogP contribution is -2.34. The third kappa shape index (κ3) is 4.24. The van der Waals surface area contributed by atoms with Crippen molar-refractivity contribution in [3.05, 3.63) is 59.2 Å². The topological polar surface area (TPSA) is 66.5 Å². The highest BCUT2D eigenvalue weighted by atomic mass is 32.2. The molecule has 1 aliphatic heterocycles. The largest absolute Gasteiger partial charge is 0.416 e. The van der Waals surface area contributed by atoms with E-state index in [4.69, 9.17) is 0 Å². The number of amides is 1. The van der Waals surface area contributed by atoms with Gasteiger partial charge in [0.15, 0.2) is 0 Å².